The lowest BCUT2D eigenvalue weighted by Gasteiger charge is -2.26. The lowest BCUT2D eigenvalue weighted by atomic mass is 10.0. The molecule has 1 aliphatic heterocycles. The largest absolute Gasteiger partial charge is 0.416 e. The summed E-state index contributed by atoms with van der Waals surface area (Å²) in [4.78, 5) is 13.8. The van der Waals surface area contributed by atoms with Crippen LogP contribution in [-0.4, -0.2) is 37.7 Å². The van der Waals surface area contributed by atoms with Crippen LogP contribution in [0.4, 0.5) is 18.0 Å². The molecule has 2 rings (SSSR count). The number of nitrogens with zero attached hydrogens (tertiary/aromatic N) is 1. The molecule has 4 nitrogen and oxygen atoms in total. The zero-order valence-corrected chi connectivity index (χ0v) is 13.7. The molecule has 2 amide bonds. The Labute approximate surface area is 139 Å². The third kappa shape index (κ3) is 4.74. The number of aryl methyl sites for hydroxylation is 1. The van der Waals surface area contributed by atoms with Gasteiger partial charge in [-0.1, -0.05) is 12.1 Å². The molecular formula is C17H21F3N2O2. The number of alkyl halides is 3. The first-order valence-electron chi connectivity index (χ1n) is 7.67. The first-order chi connectivity index (χ1) is 11.3. The molecule has 7 heteroatoms. The van der Waals surface area contributed by atoms with Gasteiger partial charge in [0.15, 0.2) is 0 Å². The van der Waals surface area contributed by atoms with Crippen molar-refractivity contribution in [3.8, 4) is 0 Å². The van der Waals surface area contributed by atoms with Crippen LogP contribution in [0.1, 0.15) is 23.1 Å². The molecule has 1 aliphatic rings. The molecule has 0 spiro atoms. The Morgan fingerprint density at radius 1 is 1.38 bits per heavy atom. The van der Waals surface area contributed by atoms with Crippen molar-refractivity contribution in [2.24, 2.45) is 0 Å². The van der Waals surface area contributed by atoms with Crippen molar-refractivity contribution in [2.75, 3.05) is 26.8 Å². The van der Waals surface area contributed by atoms with Gasteiger partial charge in [-0.15, -0.1) is 0 Å². The van der Waals surface area contributed by atoms with E-state index < -0.39 is 11.7 Å². The molecule has 0 saturated heterocycles. The van der Waals surface area contributed by atoms with E-state index in [9.17, 15) is 18.0 Å². The lowest BCUT2D eigenvalue weighted by Crippen LogP contribution is -2.42. The lowest BCUT2D eigenvalue weighted by molar-refractivity contribution is -0.137. The van der Waals surface area contributed by atoms with Crippen molar-refractivity contribution in [1.82, 2.24) is 10.2 Å². The fourth-order valence-electron chi connectivity index (χ4n) is 2.57. The van der Waals surface area contributed by atoms with Crippen LogP contribution in [0.2, 0.25) is 0 Å². The minimum Gasteiger partial charge on any atom is -0.380 e. The summed E-state index contributed by atoms with van der Waals surface area (Å²) in [5.41, 5.74) is 1.66. The highest BCUT2D eigenvalue weighted by Crippen LogP contribution is 2.30. The summed E-state index contributed by atoms with van der Waals surface area (Å²) in [6.45, 7) is 3.50. The van der Waals surface area contributed by atoms with Gasteiger partial charge in [-0.2, -0.15) is 13.2 Å². The summed E-state index contributed by atoms with van der Waals surface area (Å²) >= 11 is 0. The molecule has 0 aromatic heterocycles. The summed E-state index contributed by atoms with van der Waals surface area (Å²) < 4.78 is 43.0. The van der Waals surface area contributed by atoms with Crippen LogP contribution in [0.25, 0.3) is 0 Å². The van der Waals surface area contributed by atoms with Crippen LogP contribution < -0.4 is 5.32 Å². The van der Waals surface area contributed by atoms with Gasteiger partial charge in [-0.25, -0.2) is 4.79 Å². The summed E-state index contributed by atoms with van der Waals surface area (Å²) in [7, 11) is 1.63. The minimum absolute atomic E-state index is 0.202. The van der Waals surface area contributed by atoms with Gasteiger partial charge < -0.3 is 15.0 Å². The molecular weight excluding hydrogens is 321 g/mol. The Bertz CT molecular complexity index is 627. The number of carbonyl (C=O) groups excluding carboxylic acids is 1. The minimum atomic E-state index is -4.35. The fraction of sp³-hybridized carbons (Fsp3) is 0.471. The number of carbonyl (C=O) groups is 1. The molecule has 0 unspecified atom stereocenters. The van der Waals surface area contributed by atoms with Gasteiger partial charge in [0, 0.05) is 26.7 Å². The average molecular weight is 342 g/mol. The second-order valence-electron chi connectivity index (χ2n) is 5.79. The van der Waals surface area contributed by atoms with Gasteiger partial charge in [0.2, 0.25) is 0 Å². The van der Waals surface area contributed by atoms with E-state index in [0.29, 0.717) is 30.8 Å². The number of amides is 2. The molecule has 24 heavy (non-hydrogen) atoms. The van der Waals surface area contributed by atoms with E-state index in [2.05, 4.69) is 5.32 Å². The van der Waals surface area contributed by atoms with E-state index in [1.165, 1.54) is 11.6 Å². The van der Waals surface area contributed by atoms with E-state index in [1.54, 1.807) is 18.9 Å². The average Bonchev–Trinajstić information content (AvgIpc) is 2.53. The van der Waals surface area contributed by atoms with Crippen LogP contribution in [0, 0.1) is 6.92 Å². The van der Waals surface area contributed by atoms with Crippen LogP contribution in [0.3, 0.4) is 0 Å². The first-order valence-corrected chi connectivity index (χ1v) is 7.67. The molecule has 0 radical (unpaired) electrons. The molecule has 1 N–H and O–H groups in total. The zero-order chi connectivity index (χ0) is 17.7. The number of benzene rings is 1. The van der Waals surface area contributed by atoms with E-state index in [-0.39, 0.29) is 12.6 Å². The van der Waals surface area contributed by atoms with Crippen molar-refractivity contribution in [3.63, 3.8) is 0 Å². The number of hydrogen-bond acceptors (Lipinski definition) is 2. The van der Waals surface area contributed by atoms with E-state index >= 15 is 0 Å². The van der Waals surface area contributed by atoms with Crippen LogP contribution in [0.5, 0.6) is 0 Å². The van der Waals surface area contributed by atoms with Gasteiger partial charge >= 0.3 is 12.2 Å². The maximum Gasteiger partial charge on any atom is 0.416 e. The van der Waals surface area contributed by atoms with Crippen molar-refractivity contribution in [3.05, 3.63) is 46.5 Å². The zero-order valence-electron chi connectivity index (χ0n) is 13.7. The highest BCUT2D eigenvalue weighted by atomic mass is 19.4. The fourth-order valence-corrected chi connectivity index (χ4v) is 2.57. The number of methoxy groups -OCH3 is 1. The normalized spacial score (nSPS) is 15.2. The Balaban J connectivity index is 1.91. The quantitative estimate of drug-likeness (QED) is 0.851. The van der Waals surface area contributed by atoms with Crippen LogP contribution in [-0.2, 0) is 17.5 Å². The van der Waals surface area contributed by atoms with Crippen molar-refractivity contribution in [1.29, 1.82) is 0 Å². The Hall–Kier alpha value is -2.02. The number of nitrogens with one attached hydrogen (secondary N) is 1. The molecule has 0 bridgehead atoms. The Morgan fingerprint density at radius 2 is 2.12 bits per heavy atom. The Kier molecular flexibility index (Phi) is 5.88. The van der Waals surface area contributed by atoms with Crippen LogP contribution in [0.15, 0.2) is 29.8 Å². The van der Waals surface area contributed by atoms with Crippen LogP contribution >= 0.6 is 0 Å². The predicted octanol–water partition coefficient (Wildman–Crippen LogP) is 3.50. The molecule has 132 valence electrons. The van der Waals surface area contributed by atoms with E-state index in [1.807, 2.05) is 6.08 Å². The van der Waals surface area contributed by atoms with Gasteiger partial charge in [0.1, 0.15) is 0 Å². The van der Waals surface area contributed by atoms with Gasteiger partial charge in [-0.05, 0) is 42.2 Å². The highest BCUT2D eigenvalue weighted by molar-refractivity contribution is 5.74. The molecule has 0 aliphatic carbocycles. The molecule has 0 fully saturated rings. The number of urea groups is 1. The van der Waals surface area contributed by atoms with Gasteiger partial charge in [-0.3, -0.25) is 0 Å². The van der Waals surface area contributed by atoms with Crippen molar-refractivity contribution < 1.29 is 22.7 Å². The molecule has 0 saturated carbocycles. The third-order valence-corrected chi connectivity index (χ3v) is 4.02. The van der Waals surface area contributed by atoms with E-state index in [4.69, 9.17) is 4.74 Å². The second-order valence-corrected chi connectivity index (χ2v) is 5.79. The smallest absolute Gasteiger partial charge is 0.380 e. The molecule has 1 heterocycles. The molecule has 1 aromatic rings. The summed E-state index contributed by atoms with van der Waals surface area (Å²) in [6, 6.07) is 3.32. The summed E-state index contributed by atoms with van der Waals surface area (Å²) in [5.74, 6) is 0. The Morgan fingerprint density at radius 3 is 2.67 bits per heavy atom. The summed E-state index contributed by atoms with van der Waals surface area (Å²) in [6.07, 6.45) is -1.62. The SMILES string of the molecule is COCC1=CCN(C(=O)NCc2ccc(C(F)(F)F)cc2C)CC1. The number of hydrogen-bond donors (Lipinski definition) is 1. The maximum absolute atomic E-state index is 12.7. The third-order valence-electron chi connectivity index (χ3n) is 4.02. The monoisotopic (exact) mass is 342 g/mol. The first kappa shape index (κ1) is 18.3. The maximum atomic E-state index is 12.7. The van der Waals surface area contributed by atoms with Crippen molar-refractivity contribution >= 4 is 6.03 Å². The van der Waals surface area contributed by atoms with Gasteiger partial charge in [0.25, 0.3) is 0 Å². The number of halogens is 3. The number of ether oxygens (including phenoxy) is 1. The standard InChI is InChI=1S/C17H21F3N2O2/c1-12-9-15(17(18,19)20)4-3-14(12)10-21-16(23)22-7-5-13(6-8-22)11-24-2/h3-5,9H,6-8,10-11H2,1-2H3,(H,21,23). The molecule has 0 atom stereocenters. The predicted molar refractivity (Wildman–Crippen MR) is 84.6 cm³/mol. The van der Waals surface area contributed by atoms with E-state index in [0.717, 1.165) is 18.6 Å². The summed E-state index contributed by atoms with van der Waals surface area (Å²) in [5, 5.41) is 2.76. The number of rotatable bonds is 4. The van der Waals surface area contributed by atoms with Crippen molar-refractivity contribution in [2.45, 2.75) is 26.1 Å². The molecule has 1 aromatic carbocycles. The topological polar surface area (TPSA) is 41.6 Å². The second kappa shape index (κ2) is 7.70. The van der Waals surface area contributed by atoms with Gasteiger partial charge in [0.05, 0.1) is 12.2 Å². The highest BCUT2D eigenvalue weighted by Gasteiger charge is 2.30.